The van der Waals surface area contributed by atoms with Gasteiger partial charge in [-0.1, -0.05) is 29.8 Å². The summed E-state index contributed by atoms with van der Waals surface area (Å²) in [5.41, 5.74) is 9.64. The molecule has 0 unspecified atom stereocenters. The normalized spacial score (nSPS) is 13.7. The molecule has 0 bridgehead atoms. The van der Waals surface area contributed by atoms with Gasteiger partial charge in [-0.25, -0.2) is 4.39 Å². The molecule has 2 N–H and O–H groups in total. The highest BCUT2D eigenvalue weighted by Gasteiger charge is 2.21. The molecule has 0 fully saturated rings. The Morgan fingerprint density at radius 3 is 2.84 bits per heavy atom. The predicted octanol–water partition coefficient (Wildman–Crippen LogP) is 3.62. The van der Waals surface area contributed by atoms with Gasteiger partial charge in [-0.3, -0.25) is 0 Å². The van der Waals surface area contributed by atoms with E-state index < -0.39 is 0 Å². The Balaban J connectivity index is 1.91. The quantitative estimate of drug-likeness (QED) is 0.849. The number of fused-ring (bicyclic) bond motifs is 1. The van der Waals surface area contributed by atoms with E-state index in [-0.39, 0.29) is 10.8 Å². The number of rotatable bonds is 2. The topological polar surface area (TPSA) is 29.3 Å². The lowest BCUT2D eigenvalue weighted by Crippen LogP contribution is -2.20. The minimum Gasteiger partial charge on any atom is -0.398 e. The number of nitrogen functional groups attached to an aromatic ring is 1. The molecule has 2 aromatic rings. The summed E-state index contributed by atoms with van der Waals surface area (Å²) in [6.45, 7) is 1.37. The zero-order valence-electron chi connectivity index (χ0n) is 10.4. The third-order valence-corrected chi connectivity index (χ3v) is 3.84. The number of halogens is 2. The summed E-state index contributed by atoms with van der Waals surface area (Å²) in [4.78, 5) is 2.14. The van der Waals surface area contributed by atoms with Gasteiger partial charge in [-0.05, 0) is 24.6 Å². The van der Waals surface area contributed by atoms with E-state index in [0.29, 0.717) is 12.1 Å². The van der Waals surface area contributed by atoms with Crippen LogP contribution in [0.4, 0.5) is 15.8 Å². The van der Waals surface area contributed by atoms with Gasteiger partial charge in [0.05, 0.1) is 5.02 Å². The number of nitrogens with zero attached hydrogens (tertiary/aromatic N) is 1. The molecule has 0 radical (unpaired) electrons. The second-order valence-corrected chi connectivity index (χ2v) is 5.14. The van der Waals surface area contributed by atoms with E-state index in [0.717, 1.165) is 29.9 Å². The summed E-state index contributed by atoms with van der Waals surface area (Å²) in [6, 6.07) is 11.0. The van der Waals surface area contributed by atoms with E-state index >= 15 is 0 Å². The molecule has 1 aliphatic rings. The van der Waals surface area contributed by atoms with Crippen molar-refractivity contribution in [3.63, 3.8) is 0 Å². The monoisotopic (exact) mass is 276 g/mol. The number of nitrogens with two attached hydrogens (primary N) is 1. The summed E-state index contributed by atoms with van der Waals surface area (Å²) < 4.78 is 13.9. The Bertz CT molecular complexity index is 628. The van der Waals surface area contributed by atoms with Crippen LogP contribution < -0.4 is 10.6 Å². The molecule has 0 amide bonds. The molecule has 19 heavy (non-hydrogen) atoms. The number of anilines is 2. The van der Waals surface area contributed by atoms with Gasteiger partial charge < -0.3 is 10.6 Å². The summed E-state index contributed by atoms with van der Waals surface area (Å²) in [5.74, 6) is -0.332. The lowest BCUT2D eigenvalue weighted by atomic mass is 10.1. The van der Waals surface area contributed by atoms with Crippen LogP contribution in [0.3, 0.4) is 0 Å². The molecule has 98 valence electrons. The van der Waals surface area contributed by atoms with Crippen molar-refractivity contribution in [2.75, 3.05) is 17.2 Å². The lowest BCUT2D eigenvalue weighted by molar-refractivity contribution is 0.606. The molecule has 0 aromatic heterocycles. The maximum absolute atomic E-state index is 13.9. The van der Waals surface area contributed by atoms with Crippen LogP contribution in [0.5, 0.6) is 0 Å². The van der Waals surface area contributed by atoms with Crippen LogP contribution in [-0.4, -0.2) is 6.54 Å². The molecule has 4 heteroatoms. The van der Waals surface area contributed by atoms with Gasteiger partial charge in [0, 0.05) is 35.6 Å². The van der Waals surface area contributed by atoms with E-state index in [2.05, 4.69) is 4.90 Å². The Kier molecular flexibility index (Phi) is 3.07. The van der Waals surface area contributed by atoms with Crippen LogP contribution in [0.1, 0.15) is 11.1 Å². The molecular weight excluding hydrogens is 263 g/mol. The van der Waals surface area contributed by atoms with Gasteiger partial charge >= 0.3 is 0 Å². The molecule has 0 aliphatic carbocycles. The van der Waals surface area contributed by atoms with Crippen molar-refractivity contribution in [3.8, 4) is 0 Å². The van der Waals surface area contributed by atoms with Gasteiger partial charge in [0.15, 0.2) is 0 Å². The van der Waals surface area contributed by atoms with Crippen molar-refractivity contribution < 1.29 is 4.39 Å². The average Bonchev–Trinajstić information content (AvgIpc) is 2.80. The highest BCUT2D eigenvalue weighted by atomic mass is 35.5. The van der Waals surface area contributed by atoms with E-state index in [1.54, 1.807) is 18.2 Å². The second-order valence-electron chi connectivity index (χ2n) is 4.73. The fourth-order valence-corrected chi connectivity index (χ4v) is 2.76. The predicted molar refractivity (Wildman–Crippen MR) is 77.0 cm³/mol. The highest BCUT2D eigenvalue weighted by Crippen LogP contribution is 2.33. The summed E-state index contributed by atoms with van der Waals surface area (Å²) >= 11 is 5.81. The van der Waals surface area contributed by atoms with Gasteiger partial charge in [0.25, 0.3) is 0 Å². The molecular formula is C15H14ClFN2. The maximum atomic E-state index is 13.9. The molecule has 1 aliphatic heterocycles. The molecule has 2 aromatic carbocycles. The first-order valence-corrected chi connectivity index (χ1v) is 6.60. The zero-order chi connectivity index (χ0) is 13.4. The Hall–Kier alpha value is -1.74. The van der Waals surface area contributed by atoms with E-state index in [9.17, 15) is 4.39 Å². The maximum Gasteiger partial charge on any atom is 0.146 e. The highest BCUT2D eigenvalue weighted by molar-refractivity contribution is 6.30. The van der Waals surface area contributed by atoms with E-state index in [4.69, 9.17) is 17.3 Å². The fourth-order valence-electron chi connectivity index (χ4n) is 2.57. The Morgan fingerprint density at radius 2 is 2.00 bits per heavy atom. The largest absolute Gasteiger partial charge is 0.398 e. The molecule has 0 saturated heterocycles. The number of benzene rings is 2. The smallest absolute Gasteiger partial charge is 0.146 e. The number of hydrogen-bond acceptors (Lipinski definition) is 2. The molecule has 0 spiro atoms. The van der Waals surface area contributed by atoms with Crippen molar-refractivity contribution in [2.45, 2.75) is 13.0 Å². The first kappa shape index (κ1) is 12.3. The van der Waals surface area contributed by atoms with Crippen LogP contribution in [0, 0.1) is 5.82 Å². The summed E-state index contributed by atoms with van der Waals surface area (Å²) in [6.07, 6.45) is 0.907. The van der Waals surface area contributed by atoms with Gasteiger partial charge in [-0.15, -0.1) is 0 Å². The van der Waals surface area contributed by atoms with Crippen LogP contribution in [0.25, 0.3) is 0 Å². The first-order chi connectivity index (χ1) is 9.16. The van der Waals surface area contributed by atoms with Gasteiger partial charge in [-0.2, -0.15) is 0 Å². The van der Waals surface area contributed by atoms with Crippen molar-refractivity contribution in [3.05, 3.63) is 58.4 Å². The summed E-state index contributed by atoms with van der Waals surface area (Å²) in [5, 5.41) is 0.171. The fraction of sp³-hybridized carbons (Fsp3) is 0.200. The Labute approximate surface area is 116 Å². The second kappa shape index (κ2) is 4.74. The van der Waals surface area contributed by atoms with Crippen molar-refractivity contribution >= 4 is 23.0 Å². The molecule has 3 rings (SSSR count). The molecule has 0 atom stereocenters. The van der Waals surface area contributed by atoms with Crippen molar-refractivity contribution in [1.82, 2.24) is 0 Å². The number of hydrogen-bond donors (Lipinski definition) is 1. The average molecular weight is 277 g/mol. The minimum atomic E-state index is -0.332. The van der Waals surface area contributed by atoms with Crippen LogP contribution in [-0.2, 0) is 13.0 Å². The van der Waals surface area contributed by atoms with Crippen LogP contribution >= 0.6 is 11.6 Å². The van der Waals surface area contributed by atoms with Gasteiger partial charge in [0.2, 0.25) is 0 Å². The zero-order valence-corrected chi connectivity index (χ0v) is 11.1. The third-order valence-electron chi connectivity index (χ3n) is 3.55. The van der Waals surface area contributed by atoms with Crippen LogP contribution in [0.15, 0.2) is 36.4 Å². The van der Waals surface area contributed by atoms with Crippen LogP contribution in [0.2, 0.25) is 5.02 Å². The standard InChI is InChI=1S/C15H14ClFN2/c16-12-4-1-3-10(15(12)17)9-19-8-7-11-13(18)5-2-6-14(11)19/h1-6H,7-9,18H2. The minimum absolute atomic E-state index is 0.171. The van der Waals surface area contributed by atoms with Gasteiger partial charge in [0.1, 0.15) is 5.82 Å². The molecule has 0 saturated carbocycles. The van der Waals surface area contributed by atoms with Crippen molar-refractivity contribution in [2.24, 2.45) is 0 Å². The van der Waals surface area contributed by atoms with E-state index in [1.165, 1.54) is 0 Å². The third kappa shape index (κ3) is 2.15. The lowest BCUT2D eigenvalue weighted by Gasteiger charge is -2.20. The SMILES string of the molecule is Nc1cccc2c1CCN2Cc1cccc(Cl)c1F. The van der Waals surface area contributed by atoms with Crippen molar-refractivity contribution in [1.29, 1.82) is 0 Å². The van der Waals surface area contributed by atoms with E-state index in [1.807, 2.05) is 18.2 Å². The first-order valence-electron chi connectivity index (χ1n) is 6.22. The molecule has 1 heterocycles. The summed E-state index contributed by atoms with van der Waals surface area (Å²) in [7, 11) is 0. The Morgan fingerprint density at radius 1 is 1.21 bits per heavy atom. The molecule has 2 nitrogen and oxygen atoms in total.